The first-order chi connectivity index (χ1) is 13.7. The van der Waals surface area contributed by atoms with Crippen molar-refractivity contribution in [1.82, 2.24) is 14.8 Å². The first kappa shape index (κ1) is 19.6. The fraction of sp³-hybridized carbons (Fsp3) is 0.500. The van der Waals surface area contributed by atoms with E-state index >= 15 is 0 Å². The second-order valence-corrected chi connectivity index (χ2v) is 8.25. The number of piperazine rings is 1. The predicted molar refractivity (Wildman–Crippen MR) is 114 cm³/mol. The Morgan fingerprint density at radius 2 is 1.79 bits per heavy atom. The van der Waals surface area contributed by atoms with Crippen LogP contribution in [0.2, 0.25) is 5.02 Å². The molecule has 1 aromatic carbocycles. The standard InChI is InChI=1S/C22H29ClN4O/c23-19-6-7-22(24-16-19)27-11-9-20(21(28)17-27)26-14-12-25(13-15-26)10-8-18-4-2-1-3-5-18/h1-7,16,20-21,28H,8-15,17H2/t20-,21-/m1/s1. The molecule has 0 spiro atoms. The molecule has 2 aromatic rings. The molecule has 4 rings (SSSR count). The molecule has 0 bridgehead atoms. The van der Waals surface area contributed by atoms with E-state index in [0.717, 1.165) is 57.9 Å². The minimum atomic E-state index is -0.345. The molecular formula is C22H29ClN4O. The molecule has 2 aliphatic heterocycles. The zero-order chi connectivity index (χ0) is 19.3. The van der Waals surface area contributed by atoms with Gasteiger partial charge in [-0.1, -0.05) is 41.9 Å². The largest absolute Gasteiger partial charge is 0.390 e. The molecule has 3 heterocycles. The van der Waals surface area contributed by atoms with Crippen molar-refractivity contribution < 1.29 is 5.11 Å². The maximum absolute atomic E-state index is 10.8. The number of anilines is 1. The van der Waals surface area contributed by atoms with Crippen LogP contribution in [-0.4, -0.2) is 77.8 Å². The van der Waals surface area contributed by atoms with Crippen LogP contribution in [0.5, 0.6) is 0 Å². The normalized spacial score (nSPS) is 24.4. The number of aliphatic hydroxyl groups excluding tert-OH is 1. The molecule has 1 N–H and O–H groups in total. The molecule has 2 saturated heterocycles. The summed E-state index contributed by atoms with van der Waals surface area (Å²) in [4.78, 5) is 11.6. The third-order valence-corrected chi connectivity index (χ3v) is 6.24. The highest BCUT2D eigenvalue weighted by atomic mass is 35.5. The Bertz CT molecular complexity index is 734. The first-order valence-corrected chi connectivity index (χ1v) is 10.6. The number of hydrogen-bond donors (Lipinski definition) is 1. The van der Waals surface area contributed by atoms with E-state index in [2.05, 4.69) is 50.0 Å². The molecule has 150 valence electrons. The number of benzene rings is 1. The Hall–Kier alpha value is -1.66. The lowest BCUT2D eigenvalue weighted by molar-refractivity contribution is 0.00968. The van der Waals surface area contributed by atoms with Crippen LogP contribution in [-0.2, 0) is 6.42 Å². The second-order valence-electron chi connectivity index (χ2n) is 7.82. The summed E-state index contributed by atoms with van der Waals surface area (Å²) in [6.45, 7) is 6.90. The molecule has 28 heavy (non-hydrogen) atoms. The molecule has 0 radical (unpaired) electrons. The number of aliphatic hydroxyl groups is 1. The molecule has 2 fully saturated rings. The minimum absolute atomic E-state index is 0.250. The zero-order valence-corrected chi connectivity index (χ0v) is 17.0. The lowest BCUT2D eigenvalue weighted by Gasteiger charge is -2.45. The summed E-state index contributed by atoms with van der Waals surface area (Å²) >= 11 is 5.93. The van der Waals surface area contributed by atoms with Crippen molar-refractivity contribution in [1.29, 1.82) is 0 Å². The summed E-state index contributed by atoms with van der Waals surface area (Å²) in [5.74, 6) is 0.896. The van der Waals surface area contributed by atoms with Crippen LogP contribution in [0, 0.1) is 0 Å². The van der Waals surface area contributed by atoms with Crippen LogP contribution in [0.25, 0.3) is 0 Å². The van der Waals surface area contributed by atoms with Gasteiger partial charge in [-0.05, 0) is 30.5 Å². The third-order valence-electron chi connectivity index (χ3n) is 6.02. The SMILES string of the molecule is O[C@@H]1CN(c2ccc(Cl)cn2)CC[C@H]1N1CCN(CCc2ccccc2)CC1. The second kappa shape index (κ2) is 9.23. The van der Waals surface area contributed by atoms with Crippen molar-refractivity contribution >= 4 is 17.4 Å². The van der Waals surface area contributed by atoms with E-state index in [9.17, 15) is 5.11 Å². The summed E-state index contributed by atoms with van der Waals surface area (Å²) in [6.07, 6.45) is 3.40. The van der Waals surface area contributed by atoms with Gasteiger partial charge in [0.2, 0.25) is 0 Å². The van der Waals surface area contributed by atoms with Crippen LogP contribution in [0.1, 0.15) is 12.0 Å². The van der Waals surface area contributed by atoms with Crippen molar-refractivity contribution in [3.63, 3.8) is 0 Å². The molecular weight excluding hydrogens is 372 g/mol. The van der Waals surface area contributed by atoms with Gasteiger partial charge in [-0.3, -0.25) is 4.90 Å². The van der Waals surface area contributed by atoms with Gasteiger partial charge in [0.05, 0.1) is 11.1 Å². The van der Waals surface area contributed by atoms with Crippen LogP contribution in [0.4, 0.5) is 5.82 Å². The molecule has 5 nitrogen and oxygen atoms in total. The van der Waals surface area contributed by atoms with Gasteiger partial charge in [-0.15, -0.1) is 0 Å². The summed E-state index contributed by atoms with van der Waals surface area (Å²) < 4.78 is 0. The number of pyridine rings is 1. The van der Waals surface area contributed by atoms with Gasteiger partial charge in [0.1, 0.15) is 5.82 Å². The van der Waals surface area contributed by atoms with Gasteiger partial charge in [0.15, 0.2) is 0 Å². The van der Waals surface area contributed by atoms with E-state index in [1.165, 1.54) is 5.56 Å². The average Bonchev–Trinajstić information content (AvgIpc) is 2.74. The Balaban J connectivity index is 1.24. The fourth-order valence-corrected chi connectivity index (χ4v) is 4.47. The van der Waals surface area contributed by atoms with E-state index in [0.29, 0.717) is 11.6 Å². The van der Waals surface area contributed by atoms with Gasteiger partial charge in [0, 0.05) is 58.1 Å². The van der Waals surface area contributed by atoms with E-state index < -0.39 is 0 Å². The fourth-order valence-electron chi connectivity index (χ4n) is 4.36. The zero-order valence-electron chi connectivity index (χ0n) is 16.3. The smallest absolute Gasteiger partial charge is 0.128 e. The lowest BCUT2D eigenvalue weighted by atomic mass is 9.99. The topological polar surface area (TPSA) is 42.8 Å². The molecule has 0 amide bonds. The Kier molecular flexibility index (Phi) is 6.47. The highest BCUT2D eigenvalue weighted by Crippen LogP contribution is 2.23. The molecule has 1 aromatic heterocycles. The van der Waals surface area contributed by atoms with Gasteiger partial charge in [0.25, 0.3) is 0 Å². The Labute approximate surface area is 172 Å². The van der Waals surface area contributed by atoms with Gasteiger partial charge >= 0.3 is 0 Å². The van der Waals surface area contributed by atoms with Crippen LogP contribution in [0.15, 0.2) is 48.7 Å². The van der Waals surface area contributed by atoms with Gasteiger partial charge in [-0.25, -0.2) is 4.98 Å². The van der Waals surface area contributed by atoms with E-state index in [1.807, 2.05) is 12.1 Å². The van der Waals surface area contributed by atoms with Crippen LogP contribution >= 0.6 is 11.6 Å². The number of rotatable bonds is 5. The first-order valence-electron chi connectivity index (χ1n) is 10.2. The number of halogens is 1. The highest BCUT2D eigenvalue weighted by Gasteiger charge is 2.34. The minimum Gasteiger partial charge on any atom is -0.390 e. The summed E-state index contributed by atoms with van der Waals surface area (Å²) in [5.41, 5.74) is 1.41. The number of nitrogens with zero attached hydrogens (tertiary/aromatic N) is 4. The molecule has 0 saturated carbocycles. The monoisotopic (exact) mass is 400 g/mol. The van der Waals surface area contributed by atoms with E-state index in [1.54, 1.807) is 6.20 Å². The number of piperidine rings is 1. The molecule has 2 aliphatic rings. The summed E-state index contributed by atoms with van der Waals surface area (Å²) in [6, 6.07) is 14.7. The van der Waals surface area contributed by atoms with Crippen molar-refractivity contribution in [3.8, 4) is 0 Å². The van der Waals surface area contributed by atoms with E-state index in [4.69, 9.17) is 11.6 Å². The summed E-state index contributed by atoms with van der Waals surface area (Å²) in [7, 11) is 0. The number of β-amino-alcohol motifs (C(OH)–C–C–N with tert-alkyl or cyclic N) is 1. The Morgan fingerprint density at radius 1 is 1.00 bits per heavy atom. The molecule has 6 heteroatoms. The van der Waals surface area contributed by atoms with Crippen LogP contribution < -0.4 is 4.90 Å². The van der Waals surface area contributed by atoms with Crippen molar-refractivity contribution in [2.24, 2.45) is 0 Å². The highest BCUT2D eigenvalue weighted by molar-refractivity contribution is 6.30. The number of aromatic nitrogens is 1. The average molecular weight is 401 g/mol. The van der Waals surface area contributed by atoms with E-state index in [-0.39, 0.29) is 12.1 Å². The van der Waals surface area contributed by atoms with Crippen LogP contribution in [0.3, 0.4) is 0 Å². The molecule has 0 unspecified atom stereocenters. The van der Waals surface area contributed by atoms with Gasteiger partial charge in [-0.2, -0.15) is 0 Å². The van der Waals surface area contributed by atoms with Crippen molar-refractivity contribution in [3.05, 3.63) is 59.2 Å². The van der Waals surface area contributed by atoms with Gasteiger partial charge < -0.3 is 14.9 Å². The summed E-state index contributed by atoms with van der Waals surface area (Å²) in [5, 5.41) is 11.4. The van der Waals surface area contributed by atoms with Crippen molar-refractivity contribution in [2.45, 2.75) is 25.0 Å². The predicted octanol–water partition coefficient (Wildman–Crippen LogP) is 2.53. The maximum Gasteiger partial charge on any atom is 0.128 e. The third kappa shape index (κ3) is 4.84. The maximum atomic E-state index is 10.8. The quantitative estimate of drug-likeness (QED) is 0.835. The number of hydrogen-bond acceptors (Lipinski definition) is 5. The lowest BCUT2D eigenvalue weighted by Crippen LogP contribution is -2.59. The Morgan fingerprint density at radius 3 is 2.46 bits per heavy atom. The molecule has 0 aliphatic carbocycles. The van der Waals surface area contributed by atoms with Crippen molar-refractivity contribution in [2.75, 3.05) is 50.7 Å². The molecule has 2 atom stereocenters.